The average molecular weight is 260 g/mol. The molecule has 0 aliphatic heterocycles. The zero-order valence-electron chi connectivity index (χ0n) is 10.6. The number of rotatable bonds is 5. The topological polar surface area (TPSA) is 70.5 Å². The van der Waals surface area contributed by atoms with Gasteiger partial charge in [-0.2, -0.15) is 0 Å². The Morgan fingerprint density at radius 1 is 1.32 bits per heavy atom. The van der Waals surface area contributed by atoms with E-state index >= 15 is 0 Å². The summed E-state index contributed by atoms with van der Waals surface area (Å²) >= 11 is 0. The summed E-state index contributed by atoms with van der Waals surface area (Å²) in [5.41, 5.74) is 0.355. The van der Waals surface area contributed by atoms with Gasteiger partial charge in [-0.15, -0.1) is 0 Å². The number of carbonyl (C=O) groups is 2. The molecule has 0 spiro atoms. The molecule has 5 nitrogen and oxygen atoms in total. The highest BCUT2D eigenvalue weighted by Crippen LogP contribution is 2.35. The first-order chi connectivity index (χ1) is 9.15. The average Bonchev–Trinajstić information content (AvgIpc) is 3.27. The molecule has 2 aliphatic rings. The summed E-state index contributed by atoms with van der Waals surface area (Å²) in [7, 11) is 0. The minimum Gasteiger partial charge on any atom is -0.477 e. The van der Waals surface area contributed by atoms with Gasteiger partial charge in [0.2, 0.25) is 0 Å². The van der Waals surface area contributed by atoms with E-state index in [2.05, 4.69) is 4.98 Å². The van der Waals surface area contributed by atoms with E-state index in [-0.39, 0.29) is 11.6 Å². The lowest BCUT2D eigenvalue weighted by molar-refractivity contribution is 0.0690. The summed E-state index contributed by atoms with van der Waals surface area (Å²) in [6, 6.07) is 3.32. The zero-order chi connectivity index (χ0) is 13.4. The Morgan fingerprint density at radius 2 is 2.05 bits per heavy atom. The van der Waals surface area contributed by atoms with Crippen LogP contribution in [0.1, 0.15) is 46.5 Å². The van der Waals surface area contributed by atoms with Crippen molar-refractivity contribution in [2.45, 2.75) is 31.7 Å². The van der Waals surface area contributed by atoms with E-state index in [0.29, 0.717) is 17.5 Å². The molecule has 0 bridgehead atoms. The van der Waals surface area contributed by atoms with Crippen LogP contribution < -0.4 is 0 Å². The van der Waals surface area contributed by atoms with Crippen LogP contribution in [-0.4, -0.2) is 39.5 Å². The summed E-state index contributed by atoms with van der Waals surface area (Å²) in [4.78, 5) is 29.0. The van der Waals surface area contributed by atoms with E-state index in [1.165, 1.54) is 25.1 Å². The van der Waals surface area contributed by atoms with Crippen LogP contribution in [0.25, 0.3) is 0 Å². The van der Waals surface area contributed by atoms with Gasteiger partial charge in [-0.1, -0.05) is 0 Å². The van der Waals surface area contributed by atoms with E-state index < -0.39 is 5.97 Å². The minimum atomic E-state index is -1.10. The number of nitrogens with zero attached hydrogens (tertiary/aromatic N) is 2. The fourth-order valence-electron chi connectivity index (χ4n) is 2.21. The fourth-order valence-corrected chi connectivity index (χ4v) is 2.21. The van der Waals surface area contributed by atoms with E-state index in [1.54, 1.807) is 6.07 Å². The number of carbonyl (C=O) groups excluding carboxylic acids is 1. The SMILES string of the molecule is O=C(O)c1cc(C(=O)N(CC2CC2)C2CC2)ccn1. The van der Waals surface area contributed by atoms with Crippen molar-refractivity contribution in [3.05, 3.63) is 29.6 Å². The molecule has 2 fully saturated rings. The molecule has 0 atom stereocenters. The van der Waals surface area contributed by atoms with Gasteiger partial charge in [-0.25, -0.2) is 9.78 Å². The number of carboxylic acids is 1. The summed E-state index contributed by atoms with van der Waals surface area (Å²) in [6.45, 7) is 0.814. The molecule has 1 amide bonds. The smallest absolute Gasteiger partial charge is 0.354 e. The molecule has 1 aromatic rings. The highest BCUT2D eigenvalue weighted by atomic mass is 16.4. The van der Waals surface area contributed by atoms with Gasteiger partial charge in [0.25, 0.3) is 5.91 Å². The number of hydrogen-bond acceptors (Lipinski definition) is 3. The van der Waals surface area contributed by atoms with Crippen molar-refractivity contribution in [1.29, 1.82) is 0 Å². The quantitative estimate of drug-likeness (QED) is 0.876. The Balaban J connectivity index is 1.80. The Morgan fingerprint density at radius 3 is 2.63 bits per heavy atom. The van der Waals surface area contributed by atoms with Crippen LogP contribution in [0.3, 0.4) is 0 Å². The number of amides is 1. The second-order valence-corrected chi connectivity index (χ2v) is 5.37. The van der Waals surface area contributed by atoms with Crippen molar-refractivity contribution in [2.24, 2.45) is 5.92 Å². The van der Waals surface area contributed by atoms with Gasteiger partial charge in [0.15, 0.2) is 0 Å². The van der Waals surface area contributed by atoms with Gasteiger partial charge >= 0.3 is 5.97 Å². The molecular weight excluding hydrogens is 244 g/mol. The van der Waals surface area contributed by atoms with Gasteiger partial charge in [0.05, 0.1) is 0 Å². The minimum absolute atomic E-state index is 0.0562. The molecular formula is C14H16N2O3. The maximum atomic E-state index is 12.5. The first-order valence-electron chi connectivity index (χ1n) is 6.65. The van der Waals surface area contributed by atoms with Crippen molar-refractivity contribution < 1.29 is 14.7 Å². The summed E-state index contributed by atoms with van der Waals surface area (Å²) in [6.07, 6.45) is 5.92. The van der Waals surface area contributed by atoms with Crippen molar-refractivity contribution in [2.75, 3.05) is 6.54 Å². The van der Waals surface area contributed by atoms with Crippen LogP contribution in [0.2, 0.25) is 0 Å². The number of pyridine rings is 1. The van der Waals surface area contributed by atoms with Crippen molar-refractivity contribution in [3.8, 4) is 0 Å². The number of aromatic carboxylic acids is 1. The summed E-state index contributed by atoms with van der Waals surface area (Å²) < 4.78 is 0. The lowest BCUT2D eigenvalue weighted by atomic mass is 10.2. The second-order valence-electron chi connectivity index (χ2n) is 5.37. The molecule has 0 saturated heterocycles. The number of carboxylic acid groups (broad SMARTS) is 1. The van der Waals surface area contributed by atoms with E-state index in [9.17, 15) is 9.59 Å². The molecule has 100 valence electrons. The van der Waals surface area contributed by atoms with Crippen LogP contribution in [0.15, 0.2) is 18.3 Å². The number of hydrogen-bond donors (Lipinski definition) is 1. The Hall–Kier alpha value is -1.91. The molecule has 0 radical (unpaired) electrons. The van der Waals surface area contributed by atoms with Crippen molar-refractivity contribution in [3.63, 3.8) is 0 Å². The predicted octanol–water partition coefficient (Wildman–Crippen LogP) is 1.79. The maximum Gasteiger partial charge on any atom is 0.354 e. The van der Waals surface area contributed by atoms with Gasteiger partial charge in [-0.3, -0.25) is 4.79 Å². The monoisotopic (exact) mass is 260 g/mol. The third-order valence-corrected chi connectivity index (χ3v) is 3.63. The highest BCUT2D eigenvalue weighted by Gasteiger charge is 2.36. The predicted molar refractivity (Wildman–Crippen MR) is 68.0 cm³/mol. The first-order valence-corrected chi connectivity index (χ1v) is 6.65. The Labute approximate surface area is 111 Å². The van der Waals surface area contributed by atoms with Crippen molar-refractivity contribution >= 4 is 11.9 Å². The second kappa shape index (κ2) is 4.64. The van der Waals surface area contributed by atoms with Gasteiger partial charge in [0, 0.05) is 24.3 Å². The highest BCUT2D eigenvalue weighted by molar-refractivity contribution is 5.97. The lowest BCUT2D eigenvalue weighted by Crippen LogP contribution is -2.35. The van der Waals surface area contributed by atoms with Crippen molar-refractivity contribution in [1.82, 2.24) is 9.88 Å². The molecule has 2 saturated carbocycles. The molecule has 0 aromatic carbocycles. The molecule has 1 N–H and O–H groups in total. The molecule has 0 unspecified atom stereocenters. The van der Waals surface area contributed by atoms with Gasteiger partial charge in [0.1, 0.15) is 5.69 Å². The molecule has 5 heteroatoms. The third kappa shape index (κ3) is 2.75. The Bertz CT molecular complexity index is 521. The molecule has 3 rings (SSSR count). The maximum absolute atomic E-state index is 12.5. The Kier molecular flexibility index (Phi) is 2.97. The molecule has 1 heterocycles. The zero-order valence-corrected chi connectivity index (χ0v) is 10.6. The van der Waals surface area contributed by atoms with Crippen LogP contribution >= 0.6 is 0 Å². The molecule has 2 aliphatic carbocycles. The molecule has 1 aromatic heterocycles. The van der Waals surface area contributed by atoms with Crippen LogP contribution in [0.5, 0.6) is 0 Å². The summed E-state index contributed by atoms with van der Waals surface area (Å²) in [5, 5.41) is 8.92. The van der Waals surface area contributed by atoms with Crippen LogP contribution in [-0.2, 0) is 0 Å². The van der Waals surface area contributed by atoms with Gasteiger partial charge < -0.3 is 10.0 Å². The van der Waals surface area contributed by atoms with Crippen LogP contribution in [0.4, 0.5) is 0 Å². The normalized spacial score (nSPS) is 18.1. The van der Waals surface area contributed by atoms with Crippen LogP contribution in [0, 0.1) is 5.92 Å². The van der Waals surface area contributed by atoms with E-state index in [0.717, 1.165) is 19.4 Å². The first kappa shape index (κ1) is 12.1. The molecule has 19 heavy (non-hydrogen) atoms. The van der Waals surface area contributed by atoms with E-state index in [1.807, 2.05) is 4.90 Å². The van der Waals surface area contributed by atoms with Gasteiger partial charge in [-0.05, 0) is 43.7 Å². The fraction of sp³-hybridized carbons (Fsp3) is 0.500. The van der Waals surface area contributed by atoms with E-state index in [4.69, 9.17) is 5.11 Å². The lowest BCUT2D eigenvalue weighted by Gasteiger charge is -2.22. The number of aromatic nitrogens is 1. The third-order valence-electron chi connectivity index (χ3n) is 3.63. The largest absolute Gasteiger partial charge is 0.477 e. The summed E-state index contributed by atoms with van der Waals surface area (Å²) in [5.74, 6) is -0.514. The standard InChI is InChI=1S/C14H16N2O3/c17-13(10-5-6-15-12(7-10)14(18)19)16(11-3-4-11)8-9-1-2-9/h5-7,9,11H,1-4,8H2,(H,18,19).